The van der Waals surface area contributed by atoms with Crippen molar-refractivity contribution in [2.45, 2.75) is 40.3 Å². The molecule has 0 fully saturated rings. The van der Waals surface area contributed by atoms with Gasteiger partial charge in [-0.2, -0.15) is 0 Å². The average Bonchev–Trinajstić information content (AvgIpc) is 2.42. The maximum atomic E-state index is 12.1. The molecule has 1 rings (SSSR count). The van der Waals surface area contributed by atoms with Gasteiger partial charge in [-0.1, -0.05) is 32.9 Å². The Hall–Kier alpha value is -2.04. The lowest BCUT2D eigenvalue weighted by atomic mass is 9.87. The first kappa shape index (κ1) is 17.0. The molecule has 0 spiro atoms. The molecule has 0 aromatic heterocycles. The summed E-state index contributed by atoms with van der Waals surface area (Å²) in [6, 6.07) is 6.48. The number of amides is 2. The summed E-state index contributed by atoms with van der Waals surface area (Å²) in [5.74, 6) is -0.971. The van der Waals surface area contributed by atoms with Crippen LogP contribution >= 0.6 is 0 Å². The van der Waals surface area contributed by atoms with Crippen LogP contribution < -0.4 is 5.32 Å². The molecule has 1 atom stereocenters. The first-order valence-corrected chi connectivity index (χ1v) is 6.96. The molecule has 0 saturated heterocycles. The van der Waals surface area contributed by atoms with Gasteiger partial charge in [-0.25, -0.2) is 9.59 Å². The van der Waals surface area contributed by atoms with Gasteiger partial charge in [0.15, 0.2) is 0 Å². The summed E-state index contributed by atoms with van der Waals surface area (Å²) in [6.07, 6.45) is 0. The number of rotatable bonds is 4. The number of aromatic carboxylic acids is 1. The van der Waals surface area contributed by atoms with Gasteiger partial charge in [0.2, 0.25) is 0 Å². The quantitative estimate of drug-likeness (QED) is 0.896. The van der Waals surface area contributed by atoms with E-state index in [2.05, 4.69) is 26.1 Å². The van der Waals surface area contributed by atoms with Crippen molar-refractivity contribution in [2.75, 3.05) is 7.05 Å². The lowest BCUT2D eigenvalue weighted by Crippen LogP contribution is -2.47. The number of carbonyl (C=O) groups excluding carboxylic acids is 1. The normalized spacial score (nSPS) is 12.6. The topological polar surface area (TPSA) is 69.6 Å². The van der Waals surface area contributed by atoms with Crippen molar-refractivity contribution in [3.8, 4) is 0 Å². The second-order valence-corrected chi connectivity index (χ2v) is 6.32. The van der Waals surface area contributed by atoms with Gasteiger partial charge in [-0.3, -0.25) is 0 Å². The number of nitrogens with zero attached hydrogens (tertiary/aromatic N) is 1. The van der Waals surface area contributed by atoms with Gasteiger partial charge in [0.25, 0.3) is 0 Å². The SMILES string of the molecule is CC(N(C)C(=O)NCc1cccc(C(=O)O)c1)C(C)(C)C. The molecule has 116 valence electrons. The van der Waals surface area contributed by atoms with E-state index in [1.807, 2.05) is 6.92 Å². The van der Waals surface area contributed by atoms with Crippen LogP contribution in [0.25, 0.3) is 0 Å². The third-order valence-electron chi connectivity index (χ3n) is 3.77. The molecular weight excluding hydrogens is 268 g/mol. The fourth-order valence-corrected chi connectivity index (χ4v) is 1.87. The maximum absolute atomic E-state index is 12.1. The summed E-state index contributed by atoms with van der Waals surface area (Å²) < 4.78 is 0. The lowest BCUT2D eigenvalue weighted by molar-refractivity contribution is 0.0696. The number of benzene rings is 1. The first-order valence-electron chi connectivity index (χ1n) is 6.96. The average molecular weight is 292 g/mol. The highest BCUT2D eigenvalue weighted by molar-refractivity contribution is 5.87. The molecule has 1 unspecified atom stereocenters. The molecular formula is C16H24N2O3. The predicted molar refractivity (Wildman–Crippen MR) is 82.3 cm³/mol. The minimum atomic E-state index is -0.971. The summed E-state index contributed by atoms with van der Waals surface area (Å²) >= 11 is 0. The standard InChI is InChI=1S/C16H24N2O3/c1-11(16(2,3)4)18(5)15(21)17-10-12-7-6-8-13(9-12)14(19)20/h6-9,11H,10H2,1-5H3,(H,17,21)(H,19,20). The van der Waals surface area contributed by atoms with Gasteiger partial charge in [0, 0.05) is 19.6 Å². The minimum Gasteiger partial charge on any atom is -0.478 e. The lowest BCUT2D eigenvalue weighted by Gasteiger charge is -2.35. The highest BCUT2D eigenvalue weighted by Crippen LogP contribution is 2.22. The van der Waals surface area contributed by atoms with E-state index in [0.29, 0.717) is 6.54 Å². The molecule has 0 aliphatic rings. The molecule has 1 aromatic carbocycles. The summed E-state index contributed by atoms with van der Waals surface area (Å²) in [7, 11) is 1.76. The molecule has 5 heteroatoms. The second-order valence-electron chi connectivity index (χ2n) is 6.32. The van der Waals surface area contributed by atoms with Gasteiger partial charge in [-0.15, -0.1) is 0 Å². The van der Waals surface area contributed by atoms with E-state index < -0.39 is 5.97 Å². The van der Waals surface area contributed by atoms with Crippen molar-refractivity contribution in [3.63, 3.8) is 0 Å². The third kappa shape index (κ3) is 4.77. The monoisotopic (exact) mass is 292 g/mol. The van der Waals surface area contributed by atoms with Crippen LogP contribution in [0.1, 0.15) is 43.6 Å². The summed E-state index contributed by atoms with van der Waals surface area (Å²) in [5, 5.41) is 11.8. The van der Waals surface area contributed by atoms with E-state index in [4.69, 9.17) is 5.11 Å². The zero-order valence-corrected chi connectivity index (χ0v) is 13.3. The number of carbonyl (C=O) groups is 2. The van der Waals surface area contributed by atoms with Crippen molar-refractivity contribution in [1.29, 1.82) is 0 Å². The number of hydrogen-bond donors (Lipinski definition) is 2. The Bertz CT molecular complexity index is 520. The Labute approximate surface area is 126 Å². The smallest absolute Gasteiger partial charge is 0.335 e. The van der Waals surface area contributed by atoms with Crippen molar-refractivity contribution in [3.05, 3.63) is 35.4 Å². The number of carboxylic acid groups (broad SMARTS) is 1. The fourth-order valence-electron chi connectivity index (χ4n) is 1.87. The fraction of sp³-hybridized carbons (Fsp3) is 0.500. The number of carboxylic acids is 1. The molecule has 0 aliphatic carbocycles. The van der Waals surface area contributed by atoms with Gasteiger partial charge < -0.3 is 15.3 Å². The van der Waals surface area contributed by atoms with Crippen LogP contribution in [0.4, 0.5) is 4.79 Å². The zero-order chi connectivity index (χ0) is 16.2. The van der Waals surface area contributed by atoms with Crippen LogP contribution in [0.2, 0.25) is 0 Å². The molecule has 0 saturated carbocycles. The molecule has 21 heavy (non-hydrogen) atoms. The molecule has 2 N–H and O–H groups in total. The van der Waals surface area contributed by atoms with E-state index in [-0.39, 0.29) is 23.1 Å². The first-order chi connectivity index (χ1) is 9.62. The van der Waals surface area contributed by atoms with Gasteiger partial charge in [-0.05, 0) is 30.0 Å². The summed E-state index contributed by atoms with van der Waals surface area (Å²) in [4.78, 5) is 24.7. The Morgan fingerprint density at radius 3 is 2.48 bits per heavy atom. The summed E-state index contributed by atoms with van der Waals surface area (Å²) in [6.45, 7) is 8.55. The Balaban J connectivity index is 2.65. The van der Waals surface area contributed by atoms with Gasteiger partial charge in [0.1, 0.15) is 0 Å². The minimum absolute atomic E-state index is 0.00465. The molecule has 5 nitrogen and oxygen atoms in total. The number of nitrogens with one attached hydrogen (secondary N) is 1. The predicted octanol–water partition coefficient (Wildman–Crippen LogP) is 2.96. The highest BCUT2D eigenvalue weighted by Gasteiger charge is 2.26. The molecule has 2 amide bonds. The number of hydrogen-bond acceptors (Lipinski definition) is 2. The molecule has 0 aliphatic heterocycles. The van der Waals surface area contributed by atoms with E-state index in [1.54, 1.807) is 30.1 Å². The van der Waals surface area contributed by atoms with E-state index in [9.17, 15) is 9.59 Å². The highest BCUT2D eigenvalue weighted by atomic mass is 16.4. The number of urea groups is 1. The maximum Gasteiger partial charge on any atom is 0.335 e. The van der Waals surface area contributed by atoms with Crippen LogP contribution in [-0.4, -0.2) is 35.1 Å². The van der Waals surface area contributed by atoms with Crippen molar-refractivity contribution in [1.82, 2.24) is 10.2 Å². The van der Waals surface area contributed by atoms with Crippen molar-refractivity contribution < 1.29 is 14.7 Å². The van der Waals surface area contributed by atoms with Crippen molar-refractivity contribution >= 4 is 12.0 Å². The Morgan fingerprint density at radius 1 is 1.33 bits per heavy atom. The van der Waals surface area contributed by atoms with Crippen LogP contribution in [0.3, 0.4) is 0 Å². The zero-order valence-electron chi connectivity index (χ0n) is 13.3. The van der Waals surface area contributed by atoms with Crippen LogP contribution in [0.15, 0.2) is 24.3 Å². The van der Waals surface area contributed by atoms with Crippen LogP contribution in [-0.2, 0) is 6.54 Å². The Kier molecular flexibility index (Phi) is 5.35. The van der Waals surface area contributed by atoms with Gasteiger partial charge in [0.05, 0.1) is 5.56 Å². The second kappa shape index (κ2) is 6.61. The van der Waals surface area contributed by atoms with Crippen LogP contribution in [0.5, 0.6) is 0 Å². The van der Waals surface area contributed by atoms with Crippen LogP contribution in [0, 0.1) is 5.41 Å². The largest absolute Gasteiger partial charge is 0.478 e. The Morgan fingerprint density at radius 2 is 1.95 bits per heavy atom. The van der Waals surface area contributed by atoms with Crippen molar-refractivity contribution in [2.24, 2.45) is 5.41 Å². The molecule has 0 heterocycles. The van der Waals surface area contributed by atoms with Gasteiger partial charge >= 0.3 is 12.0 Å². The van der Waals surface area contributed by atoms with E-state index >= 15 is 0 Å². The van der Waals surface area contributed by atoms with E-state index in [0.717, 1.165) is 5.56 Å². The molecule has 0 radical (unpaired) electrons. The summed E-state index contributed by atoms with van der Waals surface area (Å²) in [5.41, 5.74) is 0.980. The molecule has 1 aromatic rings. The third-order valence-corrected chi connectivity index (χ3v) is 3.77. The molecule has 0 bridgehead atoms. The van der Waals surface area contributed by atoms with E-state index in [1.165, 1.54) is 6.07 Å².